The molecule has 0 unspecified atom stereocenters. The van der Waals surface area contributed by atoms with Crippen molar-refractivity contribution in [3.05, 3.63) is 48.4 Å². The van der Waals surface area contributed by atoms with Crippen LogP contribution in [0.3, 0.4) is 0 Å². The molecule has 2 aliphatic heterocycles. The first-order chi connectivity index (χ1) is 12.6. The van der Waals surface area contributed by atoms with Crippen LogP contribution in [0.2, 0.25) is 0 Å². The predicted octanol–water partition coefficient (Wildman–Crippen LogP) is 1.24. The Balaban J connectivity index is 1.44. The molecule has 1 aromatic carbocycles. The maximum atomic E-state index is 12.9. The zero-order valence-electron chi connectivity index (χ0n) is 14.7. The normalized spacial score (nSPS) is 21.5. The van der Waals surface area contributed by atoms with E-state index in [-0.39, 0.29) is 24.3 Å². The van der Waals surface area contributed by atoms with Crippen LogP contribution in [0.25, 0.3) is 0 Å². The highest BCUT2D eigenvalue weighted by Gasteiger charge is 2.43. The molecule has 3 heterocycles. The van der Waals surface area contributed by atoms with Crippen molar-refractivity contribution in [2.45, 2.75) is 19.4 Å². The molecular formula is C19H21N5O2. The molecule has 0 aliphatic carbocycles. The van der Waals surface area contributed by atoms with Crippen LogP contribution in [0.15, 0.2) is 42.9 Å². The number of amides is 2. The monoisotopic (exact) mass is 351 g/mol. The molecule has 4 rings (SSSR count). The zero-order valence-corrected chi connectivity index (χ0v) is 14.7. The second-order valence-electron chi connectivity index (χ2n) is 6.71. The SMILES string of the molecule is Cc1ccc(N2C(=O)C[C@H](N3CCN(c4cnccn4)CC3)C2=O)cc1. The number of benzene rings is 1. The quantitative estimate of drug-likeness (QED) is 0.775. The summed E-state index contributed by atoms with van der Waals surface area (Å²) in [4.78, 5) is 39.4. The van der Waals surface area contributed by atoms with E-state index in [0.717, 1.165) is 37.6 Å². The van der Waals surface area contributed by atoms with Gasteiger partial charge < -0.3 is 4.90 Å². The van der Waals surface area contributed by atoms with Crippen LogP contribution < -0.4 is 9.80 Å². The highest BCUT2D eigenvalue weighted by molar-refractivity contribution is 6.22. The van der Waals surface area contributed by atoms with Gasteiger partial charge in [-0.2, -0.15) is 0 Å². The van der Waals surface area contributed by atoms with Crippen LogP contribution >= 0.6 is 0 Å². The van der Waals surface area contributed by atoms with E-state index in [0.29, 0.717) is 5.69 Å². The van der Waals surface area contributed by atoms with Crippen molar-refractivity contribution < 1.29 is 9.59 Å². The van der Waals surface area contributed by atoms with Crippen molar-refractivity contribution in [3.8, 4) is 0 Å². The van der Waals surface area contributed by atoms with Gasteiger partial charge in [0.2, 0.25) is 5.91 Å². The second-order valence-corrected chi connectivity index (χ2v) is 6.71. The van der Waals surface area contributed by atoms with Crippen LogP contribution in [0.5, 0.6) is 0 Å². The topological polar surface area (TPSA) is 69.6 Å². The Morgan fingerprint density at radius 1 is 1.00 bits per heavy atom. The Labute approximate surface area is 152 Å². The fourth-order valence-electron chi connectivity index (χ4n) is 3.58. The third-order valence-electron chi connectivity index (χ3n) is 5.04. The first kappa shape index (κ1) is 16.7. The molecule has 0 saturated carbocycles. The van der Waals surface area contributed by atoms with Crippen molar-refractivity contribution in [3.63, 3.8) is 0 Å². The summed E-state index contributed by atoms with van der Waals surface area (Å²) in [5.74, 6) is 0.606. The van der Waals surface area contributed by atoms with Crippen LogP contribution in [0, 0.1) is 6.92 Å². The minimum Gasteiger partial charge on any atom is -0.353 e. The predicted molar refractivity (Wildman–Crippen MR) is 97.9 cm³/mol. The van der Waals surface area contributed by atoms with Crippen molar-refractivity contribution in [1.82, 2.24) is 14.9 Å². The Morgan fingerprint density at radius 2 is 1.73 bits per heavy atom. The van der Waals surface area contributed by atoms with E-state index >= 15 is 0 Å². The van der Waals surface area contributed by atoms with Gasteiger partial charge in [-0.15, -0.1) is 0 Å². The lowest BCUT2D eigenvalue weighted by molar-refractivity contribution is -0.123. The van der Waals surface area contributed by atoms with Gasteiger partial charge in [0.05, 0.1) is 24.3 Å². The van der Waals surface area contributed by atoms with Gasteiger partial charge in [0, 0.05) is 38.6 Å². The maximum absolute atomic E-state index is 12.9. The summed E-state index contributed by atoms with van der Waals surface area (Å²) < 4.78 is 0. The first-order valence-corrected chi connectivity index (χ1v) is 8.82. The van der Waals surface area contributed by atoms with E-state index in [9.17, 15) is 9.59 Å². The lowest BCUT2D eigenvalue weighted by Crippen LogP contribution is -2.52. The van der Waals surface area contributed by atoms with E-state index in [1.54, 1.807) is 18.6 Å². The molecule has 1 aromatic heterocycles. The fourth-order valence-corrected chi connectivity index (χ4v) is 3.58. The largest absolute Gasteiger partial charge is 0.353 e. The molecule has 2 amide bonds. The molecule has 2 aromatic rings. The molecule has 0 N–H and O–H groups in total. The van der Waals surface area contributed by atoms with Gasteiger partial charge in [0.1, 0.15) is 5.82 Å². The van der Waals surface area contributed by atoms with E-state index < -0.39 is 0 Å². The Hall–Kier alpha value is -2.80. The fraction of sp³-hybridized carbons (Fsp3) is 0.368. The smallest absolute Gasteiger partial charge is 0.251 e. The zero-order chi connectivity index (χ0) is 18.1. The first-order valence-electron chi connectivity index (χ1n) is 8.82. The summed E-state index contributed by atoms with van der Waals surface area (Å²) in [5, 5.41) is 0. The van der Waals surface area contributed by atoms with Gasteiger partial charge in [0.25, 0.3) is 5.91 Å². The van der Waals surface area contributed by atoms with E-state index in [4.69, 9.17) is 0 Å². The molecule has 0 bridgehead atoms. The van der Waals surface area contributed by atoms with Gasteiger partial charge in [-0.3, -0.25) is 19.5 Å². The molecule has 2 aliphatic rings. The number of carbonyl (C=O) groups excluding carboxylic acids is 2. The van der Waals surface area contributed by atoms with Gasteiger partial charge >= 0.3 is 0 Å². The molecular weight excluding hydrogens is 330 g/mol. The third kappa shape index (κ3) is 3.06. The minimum atomic E-state index is -0.368. The summed E-state index contributed by atoms with van der Waals surface area (Å²) >= 11 is 0. The Bertz CT molecular complexity index is 800. The Kier molecular flexibility index (Phi) is 4.38. The molecule has 0 radical (unpaired) electrons. The third-order valence-corrected chi connectivity index (χ3v) is 5.04. The number of aryl methyl sites for hydroxylation is 1. The van der Waals surface area contributed by atoms with E-state index in [1.807, 2.05) is 31.2 Å². The molecule has 134 valence electrons. The summed E-state index contributed by atoms with van der Waals surface area (Å²) in [6, 6.07) is 7.14. The number of nitrogens with zero attached hydrogens (tertiary/aromatic N) is 5. The summed E-state index contributed by atoms with van der Waals surface area (Å²) in [7, 11) is 0. The number of hydrogen-bond acceptors (Lipinski definition) is 6. The lowest BCUT2D eigenvalue weighted by atomic mass is 10.1. The highest BCUT2D eigenvalue weighted by atomic mass is 16.2. The summed E-state index contributed by atoms with van der Waals surface area (Å²) in [6.07, 6.45) is 5.33. The molecule has 7 heteroatoms. The maximum Gasteiger partial charge on any atom is 0.251 e. The number of aromatic nitrogens is 2. The summed E-state index contributed by atoms with van der Waals surface area (Å²) in [6.45, 7) is 4.96. The molecule has 0 spiro atoms. The van der Waals surface area contributed by atoms with Gasteiger partial charge in [-0.05, 0) is 19.1 Å². The number of anilines is 2. The molecule has 1 atom stereocenters. The van der Waals surface area contributed by atoms with Crippen LogP contribution in [-0.4, -0.2) is 58.9 Å². The summed E-state index contributed by atoms with van der Waals surface area (Å²) in [5.41, 5.74) is 1.76. The van der Waals surface area contributed by atoms with Crippen molar-refractivity contribution in [1.29, 1.82) is 0 Å². The van der Waals surface area contributed by atoms with E-state index in [1.165, 1.54) is 4.90 Å². The van der Waals surface area contributed by atoms with Gasteiger partial charge in [-0.1, -0.05) is 17.7 Å². The van der Waals surface area contributed by atoms with Crippen molar-refractivity contribution in [2.75, 3.05) is 36.0 Å². The van der Waals surface area contributed by atoms with Crippen LogP contribution in [0.4, 0.5) is 11.5 Å². The van der Waals surface area contributed by atoms with Crippen molar-refractivity contribution in [2.24, 2.45) is 0 Å². The molecule has 7 nitrogen and oxygen atoms in total. The number of rotatable bonds is 3. The van der Waals surface area contributed by atoms with Crippen LogP contribution in [0.1, 0.15) is 12.0 Å². The standard InChI is InChI=1S/C19H21N5O2/c1-14-2-4-15(5-3-14)24-18(25)12-16(19(24)26)22-8-10-23(11-9-22)17-13-20-6-7-21-17/h2-7,13,16H,8-12H2,1H3/t16-/m0/s1. The molecule has 2 saturated heterocycles. The number of piperazine rings is 1. The average molecular weight is 351 g/mol. The van der Waals surface area contributed by atoms with Crippen LogP contribution in [-0.2, 0) is 9.59 Å². The molecule has 26 heavy (non-hydrogen) atoms. The average Bonchev–Trinajstić information content (AvgIpc) is 2.98. The Morgan fingerprint density at radius 3 is 2.38 bits per heavy atom. The molecule has 2 fully saturated rings. The number of imide groups is 1. The van der Waals surface area contributed by atoms with Gasteiger partial charge in [0.15, 0.2) is 0 Å². The number of hydrogen-bond donors (Lipinski definition) is 0. The van der Waals surface area contributed by atoms with Crippen molar-refractivity contribution >= 4 is 23.3 Å². The minimum absolute atomic E-state index is 0.119. The van der Waals surface area contributed by atoms with Gasteiger partial charge in [-0.25, -0.2) is 9.88 Å². The number of carbonyl (C=O) groups is 2. The second kappa shape index (κ2) is 6.84. The lowest BCUT2D eigenvalue weighted by Gasteiger charge is -2.37. The van der Waals surface area contributed by atoms with E-state index in [2.05, 4.69) is 19.8 Å². The highest BCUT2D eigenvalue weighted by Crippen LogP contribution is 2.27.